The van der Waals surface area contributed by atoms with Crippen molar-refractivity contribution in [3.63, 3.8) is 0 Å². The van der Waals surface area contributed by atoms with Crippen molar-refractivity contribution in [1.82, 2.24) is 4.90 Å². The van der Waals surface area contributed by atoms with Crippen LogP contribution in [0.15, 0.2) is 24.3 Å². The molecule has 6 heteroatoms. The Hall–Kier alpha value is -1.30. The van der Waals surface area contributed by atoms with E-state index in [4.69, 9.17) is 15.2 Å². The van der Waals surface area contributed by atoms with Gasteiger partial charge in [0.1, 0.15) is 5.75 Å². The fourth-order valence-electron chi connectivity index (χ4n) is 3.70. The number of amides is 1. The molecule has 2 N–H and O–H groups in total. The Labute approximate surface area is 156 Å². The second kappa shape index (κ2) is 8.88. The van der Waals surface area contributed by atoms with Crippen molar-refractivity contribution in [2.24, 2.45) is 11.7 Å². The lowest BCUT2D eigenvalue weighted by molar-refractivity contribution is -0.142. The highest BCUT2D eigenvalue weighted by molar-refractivity contribution is 5.86. The summed E-state index contributed by atoms with van der Waals surface area (Å²) in [6.45, 7) is 2.82. The van der Waals surface area contributed by atoms with Crippen LogP contribution < -0.4 is 10.5 Å². The summed E-state index contributed by atoms with van der Waals surface area (Å²) in [4.78, 5) is 14.7. The molecule has 0 radical (unpaired) electrons. The topological polar surface area (TPSA) is 64.8 Å². The number of carbonyl (C=O) groups excluding carboxylic acids is 1. The lowest BCUT2D eigenvalue weighted by atomic mass is 9.86. The second-order valence-corrected chi connectivity index (χ2v) is 7.06. The van der Waals surface area contributed by atoms with Gasteiger partial charge in [-0.2, -0.15) is 0 Å². The van der Waals surface area contributed by atoms with Crippen LogP contribution in [-0.4, -0.2) is 49.8 Å². The second-order valence-electron chi connectivity index (χ2n) is 7.06. The van der Waals surface area contributed by atoms with Crippen molar-refractivity contribution in [2.75, 3.05) is 33.4 Å². The quantitative estimate of drug-likeness (QED) is 0.886. The van der Waals surface area contributed by atoms with Gasteiger partial charge < -0.3 is 20.1 Å². The number of benzene rings is 1. The zero-order valence-corrected chi connectivity index (χ0v) is 15.7. The summed E-state index contributed by atoms with van der Waals surface area (Å²) in [6.07, 6.45) is 4.43. The van der Waals surface area contributed by atoms with Crippen LogP contribution in [0.5, 0.6) is 5.75 Å². The third-order valence-corrected chi connectivity index (χ3v) is 5.40. The van der Waals surface area contributed by atoms with E-state index in [2.05, 4.69) is 12.1 Å². The number of halogens is 1. The number of methoxy groups -OCH3 is 1. The van der Waals surface area contributed by atoms with Gasteiger partial charge in [0.15, 0.2) is 0 Å². The monoisotopic (exact) mass is 368 g/mol. The van der Waals surface area contributed by atoms with E-state index in [0.717, 1.165) is 38.1 Å². The number of hydrogen-bond acceptors (Lipinski definition) is 4. The molecule has 1 amide bonds. The van der Waals surface area contributed by atoms with Gasteiger partial charge in [-0.25, -0.2) is 0 Å². The summed E-state index contributed by atoms with van der Waals surface area (Å²) in [6, 6.07) is 8.29. The Bertz CT molecular complexity index is 550. The zero-order chi connectivity index (χ0) is 17.0. The molecule has 25 heavy (non-hydrogen) atoms. The molecule has 1 aromatic carbocycles. The van der Waals surface area contributed by atoms with E-state index in [-0.39, 0.29) is 18.3 Å². The largest absolute Gasteiger partial charge is 0.497 e. The average molecular weight is 369 g/mol. The van der Waals surface area contributed by atoms with Crippen molar-refractivity contribution in [3.05, 3.63) is 29.8 Å². The number of piperidine rings is 1. The minimum atomic E-state index is -0.707. The third kappa shape index (κ3) is 4.87. The molecule has 0 bridgehead atoms. The first kappa shape index (κ1) is 20.0. The van der Waals surface area contributed by atoms with Crippen molar-refractivity contribution in [3.8, 4) is 5.75 Å². The van der Waals surface area contributed by atoms with Crippen LogP contribution in [0.1, 0.15) is 31.2 Å². The minimum Gasteiger partial charge on any atom is -0.497 e. The van der Waals surface area contributed by atoms with Gasteiger partial charge in [-0.15, -0.1) is 12.4 Å². The van der Waals surface area contributed by atoms with Gasteiger partial charge in [0.25, 0.3) is 0 Å². The molecule has 2 aliphatic rings. The van der Waals surface area contributed by atoms with Crippen LogP contribution in [0.2, 0.25) is 0 Å². The van der Waals surface area contributed by atoms with Crippen LogP contribution in [-0.2, 0) is 16.0 Å². The van der Waals surface area contributed by atoms with Gasteiger partial charge in [-0.3, -0.25) is 4.79 Å². The van der Waals surface area contributed by atoms with Gasteiger partial charge in [0, 0.05) is 26.3 Å². The van der Waals surface area contributed by atoms with Gasteiger partial charge in [-0.1, -0.05) is 12.1 Å². The third-order valence-electron chi connectivity index (χ3n) is 5.40. The van der Waals surface area contributed by atoms with Crippen molar-refractivity contribution >= 4 is 18.3 Å². The maximum absolute atomic E-state index is 12.7. The highest BCUT2D eigenvalue weighted by atomic mass is 35.5. The predicted octanol–water partition coefficient (Wildman–Crippen LogP) is 2.41. The van der Waals surface area contributed by atoms with Crippen molar-refractivity contribution in [1.29, 1.82) is 0 Å². The first-order chi connectivity index (χ1) is 11.6. The number of nitrogens with two attached hydrogens (primary N) is 1. The number of likely N-dealkylation sites (tertiary alicyclic amines) is 1. The smallest absolute Gasteiger partial charge is 0.242 e. The van der Waals surface area contributed by atoms with Crippen LogP contribution in [0.3, 0.4) is 0 Å². The molecule has 2 heterocycles. The molecule has 140 valence electrons. The van der Waals surface area contributed by atoms with Gasteiger partial charge in [0.2, 0.25) is 5.91 Å². The molecule has 1 aromatic rings. The molecular weight excluding hydrogens is 340 g/mol. The van der Waals surface area contributed by atoms with E-state index in [1.165, 1.54) is 5.56 Å². The Balaban J connectivity index is 0.00000225. The van der Waals surface area contributed by atoms with E-state index in [0.29, 0.717) is 32.0 Å². The molecule has 0 saturated carbocycles. The summed E-state index contributed by atoms with van der Waals surface area (Å²) < 4.78 is 10.5. The number of hydrogen-bond donors (Lipinski definition) is 1. The molecule has 0 aliphatic carbocycles. The standard InChI is InChI=1S/C19H28N2O3.ClH/c1-23-17-4-2-15(3-5-17)14-16-6-10-21(11-7-16)18(22)19(20)8-12-24-13-9-19;/h2-5,16H,6-14,20H2,1H3;1H. The number of ether oxygens (including phenoxy) is 2. The first-order valence-corrected chi connectivity index (χ1v) is 8.90. The molecule has 2 saturated heterocycles. The summed E-state index contributed by atoms with van der Waals surface area (Å²) in [5.74, 6) is 1.64. The predicted molar refractivity (Wildman–Crippen MR) is 100 cm³/mol. The maximum atomic E-state index is 12.7. The highest BCUT2D eigenvalue weighted by Crippen LogP contribution is 2.26. The van der Waals surface area contributed by atoms with E-state index in [1.54, 1.807) is 7.11 Å². The number of rotatable bonds is 4. The molecule has 0 aromatic heterocycles. The summed E-state index contributed by atoms with van der Waals surface area (Å²) in [5.41, 5.74) is 6.96. The minimum absolute atomic E-state index is 0. The molecule has 2 fully saturated rings. The van der Waals surface area contributed by atoms with Crippen LogP contribution >= 0.6 is 12.4 Å². The summed E-state index contributed by atoms with van der Waals surface area (Å²) >= 11 is 0. The van der Waals surface area contributed by atoms with Gasteiger partial charge in [0.05, 0.1) is 12.6 Å². The Kier molecular flexibility index (Phi) is 7.11. The Morgan fingerprint density at radius 2 is 1.84 bits per heavy atom. The van der Waals surface area contributed by atoms with E-state index in [9.17, 15) is 4.79 Å². The van der Waals surface area contributed by atoms with Gasteiger partial charge in [-0.05, 0) is 55.7 Å². The Morgan fingerprint density at radius 1 is 1.24 bits per heavy atom. The fraction of sp³-hybridized carbons (Fsp3) is 0.632. The Morgan fingerprint density at radius 3 is 2.40 bits per heavy atom. The fourth-order valence-corrected chi connectivity index (χ4v) is 3.70. The molecule has 0 spiro atoms. The van der Waals surface area contributed by atoms with E-state index >= 15 is 0 Å². The first-order valence-electron chi connectivity index (χ1n) is 8.90. The lowest BCUT2D eigenvalue weighted by Crippen LogP contribution is -2.59. The molecule has 5 nitrogen and oxygen atoms in total. The van der Waals surface area contributed by atoms with Crippen LogP contribution in [0, 0.1) is 5.92 Å². The summed E-state index contributed by atoms with van der Waals surface area (Å²) in [7, 11) is 1.68. The lowest BCUT2D eigenvalue weighted by Gasteiger charge is -2.40. The van der Waals surface area contributed by atoms with E-state index in [1.807, 2.05) is 17.0 Å². The SMILES string of the molecule is COc1ccc(CC2CCN(C(=O)C3(N)CCOCC3)CC2)cc1.Cl. The average Bonchev–Trinajstić information content (AvgIpc) is 2.63. The highest BCUT2D eigenvalue weighted by Gasteiger charge is 2.39. The van der Waals surface area contributed by atoms with Crippen LogP contribution in [0.4, 0.5) is 0 Å². The van der Waals surface area contributed by atoms with E-state index < -0.39 is 5.54 Å². The molecular formula is C19H29ClN2O3. The maximum Gasteiger partial charge on any atom is 0.242 e. The molecule has 3 rings (SSSR count). The van der Waals surface area contributed by atoms with Crippen molar-refractivity contribution in [2.45, 2.75) is 37.6 Å². The van der Waals surface area contributed by atoms with Crippen molar-refractivity contribution < 1.29 is 14.3 Å². The normalized spacial score (nSPS) is 20.6. The number of nitrogens with zero attached hydrogens (tertiary/aromatic N) is 1. The molecule has 0 unspecified atom stereocenters. The summed E-state index contributed by atoms with van der Waals surface area (Å²) in [5, 5.41) is 0. The molecule has 2 aliphatic heterocycles. The molecule has 0 atom stereocenters. The van der Waals surface area contributed by atoms with Gasteiger partial charge >= 0.3 is 0 Å². The number of carbonyl (C=O) groups is 1. The zero-order valence-electron chi connectivity index (χ0n) is 14.9. The van der Waals surface area contributed by atoms with Crippen LogP contribution in [0.25, 0.3) is 0 Å².